The van der Waals surface area contributed by atoms with Crippen LogP contribution in [0.3, 0.4) is 0 Å². The summed E-state index contributed by atoms with van der Waals surface area (Å²) in [5.41, 5.74) is 2.77. The molecule has 1 atom stereocenters. The van der Waals surface area contributed by atoms with E-state index in [1.807, 2.05) is 38.1 Å². The van der Waals surface area contributed by atoms with Crippen molar-refractivity contribution in [2.75, 3.05) is 10.8 Å². The molecule has 1 fully saturated rings. The summed E-state index contributed by atoms with van der Waals surface area (Å²) in [6, 6.07) is 17.8. The van der Waals surface area contributed by atoms with E-state index >= 15 is 0 Å². The molecule has 0 aliphatic heterocycles. The summed E-state index contributed by atoms with van der Waals surface area (Å²) in [6.45, 7) is 5.01. The molecule has 1 saturated carbocycles. The molecule has 0 aromatic heterocycles. The van der Waals surface area contributed by atoms with Gasteiger partial charge in [-0.2, -0.15) is 0 Å². The molecule has 218 valence electrons. The number of hydrogen-bond acceptors (Lipinski definition) is 4. The number of hydrogen-bond donors (Lipinski definition) is 1. The zero-order chi connectivity index (χ0) is 29.7. The Hall–Kier alpha value is -3.07. The number of sulfonamides is 1. The number of anilines is 1. The van der Waals surface area contributed by atoms with Gasteiger partial charge in [0.2, 0.25) is 11.8 Å². The smallest absolute Gasteiger partial charge is 0.264 e. The van der Waals surface area contributed by atoms with Gasteiger partial charge in [0.05, 0.1) is 20.6 Å². The lowest BCUT2D eigenvalue weighted by molar-refractivity contribution is -0.139. The van der Waals surface area contributed by atoms with Crippen molar-refractivity contribution in [2.45, 2.75) is 70.0 Å². The average molecular weight is 617 g/mol. The number of aryl methyl sites for hydroxylation is 2. The molecule has 0 saturated heterocycles. The molecule has 4 rings (SSSR count). The molecular formula is C31H35Cl2N3O4S. The highest BCUT2D eigenvalue weighted by Gasteiger charge is 2.34. The van der Waals surface area contributed by atoms with Crippen LogP contribution in [0.25, 0.3) is 0 Å². The van der Waals surface area contributed by atoms with Crippen molar-refractivity contribution in [3.63, 3.8) is 0 Å². The third-order valence-electron chi connectivity index (χ3n) is 7.56. The van der Waals surface area contributed by atoms with Crippen LogP contribution in [0.5, 0.6) is 0 Å². The molecular weight excluding hydrogens is 581 g/mol. The van der Waals surface area contributed by atoms with E-state index in [2.05, 4.69) is 5.32 Å². The number of benzene rings is 3. The lowest BCUT2D eigenvalue weighted by Gasteiger charge is -2.33. The van der Waals surface area contributed by atoms with Crippen LogP contribution in [-0.4, -0.2) is 43.8 Å². The topological polar surface area (TPSA) is 86.8 Å². The van der Waals surface area contributed by atoms with Crippen molar-refractivity contribution in [3.8, 4) is 0 Å². The number of carbonyl (C=O) groups is 2. The Morgan fingerprint density at radius 1 is 0.951 bits per heavy atom. The Labute approximate surface area is 252 Å². The number of halogens is 2. The van der Waals surface area contributed by atoms with E-state index in [-0.39, 0.29) is 39.1 Å². The lowest BCUT2D eigenvalue weighted by Crippen LogP contribution is -2.52. The van der Waals surface area contributed by atoms with Crippen LogP contribution in [0.2, 0.25) is 10.0 Å². The average Bonchev–Trinajstić information content (AvgIpc) is 3.45. The van der Waals surface area contributed by atoms with E-state index in [4.69, 9.17) is 23.2 Å². The molecule has 1 N–H and O–H groups in total. The Bertz CT molecular complexity index is 1510. The minimum Gasteiger partial charge on any atom is -0.352 e. The van der Waals surface area contributed by atoms with Crippen LogP contribution in [0.4, 0.5) is 5.69 Å². The number of nitrogens with zero attached hydrogens (tertiary/aromatic N) is 2. The van der Waals surface area contributed by atoms with Crippen molar-refractivity contribution in [2.24, 2.45) is 0 Å². The minimum absolute atomic E-state index is 0.00409. The number of amides is 2. The zero-order valence-corrected chi connectivity index (χ0v) is 25.8. The first-order valence-electron chi connectivity index (χ1n) is 13.7. The summed E-state index contributed by atoms with van der Waals surface area (Å²) < 4.78 is 28.9. The van der Waals surface area contributed by atoms with Crippen LogP contribution < -0.4 is 9.62 Å². The molecule has 0 radical (unpaired) electrons. The Morgan fingerprint density at radius 3 is 2.27 bits per heavy atom. The van der Waals surface area contributed by atoms with Crippen molar-refractivity contribution in [1.29, 1.82) is 0 Å². The quantitative estimate of drug-likeness (QED) is 0.291. The van der Waals surface area contributed by atoms with Crippen LogP contribution in [0, 0.1) is 13.8 Å². The zero-order valence-electron chi connectivity index (χ0n) is 23.4. The maximum atomic E-state index is 14.1. The standard InChI is InChI=1S/C31H35Cl2N3O4S/c1-21-15-17-26(18-16-21)41(39,40)36(28-14-8-13-27(32)30(28)33)20-29(37)35(19-24-10-5-4-9-22(24)2)23(3)31(38)34-25-11-6-7-12-25/h4-5,8-10,13-18,23,25H,6-7,11-12,19-20H2,1-3H3,(H,34,38)/t23-/m0/s1. The second-order valence-electron chi connectivity index (χ2n) is 10.5. The first kappa shape index (κ1) is 30.9. The summed E-state index contributed by atoms with van der Waals surface area (Å²) in [5.74, 6) is -0.818. The summed E-state index contributed by atoms with van der Waals surface area (Å²) in [7, 11) is -4.24. The van der Waals surface area contributed by atoms with E-state index < -0.39 is 28.5 Å². The van der Waals surface area contributed by atoms with E-state index in [1.54, 1.807) is 31.2 Å². The first-order chi connectivity index (χ1) is 19.5. The highest BCUT2D eigenvalue weighted by Crippen LogP contribution is 2.35. The fourth-order valence-electron chi connectivity index (χ4n) is 4.98. The molecule has 7 nitrogen and oxygen atoms in total. The second kappa shape index (κ2) is 13.3. The number of rotatable bonds is 10. The maximum Gasteiger partial charge on any atom is 0.264 e. The number of nitrogens with one attached hydrogen (secondary N) is 1. The molecule has 0 spiro atoms. The van der Waals surface area contributed by atoms with E-state index in [1.165, 1.54) is 23.1 Å². The van der Waals surface area contributed by atoms with Crippen LogP contribution in [-0.2, 0) is 26.2 Å². The van der Waals surface area contributed by atoms with Gasteiger partial charge >= 0.3 is 0 Å². The van der Waals surface area contributed by atoms with Gasteiger partial charge in [0, 0.05) is 12.6 Å². The molecule has 3 aromatic rings. The molecule has 1 aliphatic carbocycles. The van der Waals surface area contributed by atoms with Gasteiger partial charge < -0.3 is 10.2 Å². The molecule has 0 unspecified atom stereocenters. The molecule has 41 heavy (non-hydrogen) atoms. The van der Waals surface area contributed by atoms with E-state index in [0.29, 0.717) is 0 Å². The molecule has 3 aromatic carbocycles. The molecule has 0 heterocycles. The van der Waals surface area contributed by atoms with Gasteiger partial charge in [-0.3, -0.25) is 13.9 Å². The normalized spacial score (nSPS) is 14.5. The van der Waals surface area contributed by atoms with Gasteiger partial charge in [-0.15, -0.1) is 0 Å². The third kappa shape index (κ3) is 7.23. The number of carbonyl (C=O) groups excluding carboxylic acids is 2. The van der Waals surface area contributed by atoms with Crippen molar-refractivity contribution in [1.82, 2.24) is 10.2 Å². The van der Waals surface area contributed by atoms with Gasteiger partial charge in [0.15, 0.2) is 0 Å². The van der Waals surface area contributed by atoms with Crippen LogP contribution >= 0.6 is 23.2 Å². The summed E-state index contributed by atoms with van der Waals surface area (Å²) in [4.78, 5) is 28.9. The van der Waals surface area contributed by atoms with Gasteiger partial charge in [0.1, 0.15) is 12.6 Å². The van der Waals surface area contributed by atoms with Crippen LogP contribution in [0.1, 0.15) is 49.3 Å². The lowest BCUT2D eigenvalue weighted by atomic mass is 10.1. The highest BCUT2D eigenvalue weighted by atomic mass is 35.5. The third-order valence-corrected chi connectivity index (χ3v) is 10.1. The Balaban J connectivity index is 1.73. The molecule has 2 amide bonds. The second-order valence-corrected chi connectivity index (χ2v) is 13.2. The van der Waals surface area contributed by atoms with Gasteiger partial charge in [-0.05, 0) is 69.0 Å². The van der Waals surface area contributed by atoms with Crippen molar-refractivity contribution >= 4 is 50.7 Å². The molecule has 0 bridgehead atoms. The van der Waals surface area contributed by atoms with Gasteiger partial charge in [0.25, 0.3) is 10.0 Å². The molecule has 10 heteroatoms. The van der Waals surface area contributed by atoms with Gasteiger partial charge in [-0.25, -0.2) is 8.42 Å². The van der Waals surface area contributed by atoms with Crippen molar-refractivity contribution in [3.05, 3.63) is 93.5 Å². The fourth-order valence-corrected chi connectivity index (χ4v) is 6.86. The minimum atomic E-state index is -4.24. The summed E-state index contributed by atoms with van der Waals surface area (Å²) in [6.07, 6.45) is 3.91. The fraction of sp³-hybridized carbons (Fsp3) is 0.355. The predicted molar refractivity (Wildman–Crippen MR) is 164 cm³/mol. The summed E-state index contributed by atoms with van der Waals surface area (Å²) in [5, 5.41) is 3.24. The molecule has 1 aliphatic rings. The van der Waals surface area contributed by atoms with Crippen molar-refractivity contribution < 1.29 is 18.0 Å². The largest absolute Gasteiger partial charge is 0.352 e. The monoisotopic (exact) mass is 615 g/mol. The predicted octanol–water partition coefficient (Wildman–Crippen LogP) is 6.28. The summed E-state index contributed by atoms with van der Waals surface area (Å²) >= 11 is 12.8. The van der Waals surface area contributed by atoms with E-state index in [9.17, 15) is 18.0 Å². The van der Waals surface area contributed by atoms with Gasteiger partial charge in [-0.1, -0.05) is 84.1 Å². The SMILES string of the molecule is Cc1ccc(S(=O)(=O)N(CC(=O)N(Cc2ccccc2C)[C@@H](C)C(=O)NC2CCCC2)c2cccc(Cl)c2Cl)cc1. The van der Waals surface area contributed by atoms with Crippen LogP contribution in [0.15, 0.2) is 71.6 Å². The Morgan fingerprint density at radius 2 is 1.61 bits per heavy atom. The maximum absolute atomic E-state index is 14.1. The highest BCUT2D eigenvalue weighted by molar-refractivity contribution is 7.92. The first-order valence-corrected chi connectivity index (χ1v) is 15.9. The van der Waals surface area contributed by atoms with E-state index in [0.717, 1.165) is 46.7 Å². The Kier molecular flexibility index (Phi) is 10.00.